The van der Waals surface area contributed by atoms with Crippen LogP contribution in [0.1, 0.15) is 28.8 Å². The third kappa shape index (κ3) is 4.77. The van der Waals surface area contributed by atoms with Gasteiger partial charge in [0.25, 0.3) is 0 Å². The molecule has 3 nitrogen and oxygen atoms in total. The summed E-state index contributed by atoms with van der Waals surface area (Å²) in [5.74, 6) is 3.88. The van der Waals surface area contributed by atoms with Crippen molar-refractivity contribution in [1.82, 2.24) is 4.98 Å². The largest absolute Gasteiger partial charge is 0.496 e. The Morgan fingerprint density at radius 1 is 1.31 bits per heavy atom. The van der Waals surface area contributed by atoms with E-state index >= 15 is 0 Å². The fourth-order valence-electron chi connectivity index (χ4n) is 4.16. The number of benzene rings is 2. The molecule has 1 heterocycles. The third-order valence-electron chi connectivity index (χ3n) is 5.93. The predicted molar refractivity (Wildman–Crippen MR) is 131 cm³/mol. The summed E-state index contributed by atoms with van der Waals surface area (Å²) in [5.41, 5.74) is 3.73. The maximum absolute atomic E-state index is 13.8. The summed E-state index contributed by atoms with van der Waals surface area (Å²) >= 11 is 8.21. The van der Waals surface area contributed by atoms with E-state index in [-0.39, 0.29) is 11.9 Å². The van der Waals surface area contributed by atoms with Gasteiger partial charge in [-0.05, 0) is 74.4 Å². The van der Waals surface area contributed by atoms with Gasteiger partial charge in [0, 0.05) is 16.5 Å². The topological polar surface area (TPSA) is 25.4 Å². The fourth-order valence-corrected chi connectivity index (χ4v) is 5.39. The van der Waals surface area contributed by atoms with E-state index in [1.807, 2.05) is 25.1 Å². The summed E-state index contributed by atoms with van der Waals surface area (Å²) in [4.78, 5) is 8.29. The molecule has 1 saturated carbocycles. The van der Waals surface area contributed by atoms with E-state index in [1.165, 1.54) is 6.07 Å². The normalized spacial score (nSPS) is 14.1. The first-order chi connectivity index (χ1) is 15.4. The highest BCUT2D eigenvalue weighted by Gasteiger charge is 2.36. The van der Waals surface area contributed by atoms with Crippen molar-refractivity contribution in [2.24, 2.45) is 5.92 Å². The number of ether oxygens (including phenoxy) is 1. The van der Waals surface area contributed by atoms with Crippen LogP contribution in [0.5, 0.6) is 5.75 Å². The lowest BCUT2D eigenvalue weighted by Gasteiger charge is -2.30. The number of hydrogen-bond donors (Lipinski definition) is 0. The number of nitrogens with zero attached hydrogens (tertiary/aromatic N) is 2. The number of anilines is 1. The number of halogens is 2. The van der Waals surface area contributed by atoms with Crippen LogP contribution in [-0.4, -0.2) is 24.7 Å². The van der Waals surface area contributed by atoms with Gasteiger partial charge in [0.1, 0.15) is 11.6 Å². The molecule has 166 valence electrons. The number of rotatable bonds is 8. The lowest BCUT2D eigenvalue weighted by molar-refractivity contribution is 0.412. The van der Waals surface area contributed by atoms with Crippen molar-refractivity contribution in [3.63, 3.8) is 0 Å². The molecule has 1 aliphatic rings. The van der Waals surface area contributed by atoms with Crippen LogP contribution in [0, 0.1) is 37.9 Å². The van der Waals surface area contributed by atoms with Gasteiger partial charge >= 0.3 is 0 Å². The monoisotopic (exact) mass is 468 g/mol. The number of thiazole rings is 1. The third-order valence-corrected chi connectivity index (χ3v) is 7.25. The molecule has 0 spiro atoms. The Balaban J connectivity index is 1.70. The SMILES string of the molecule is C#CCN(c1nc(-c2cc(C)c(OC)cc2Cl)c(C)s1)[C@@H](Cc1cccc(F)c1)C1CC1. The second-order valence-electron chi connectivity index (χ2n) is 8.27. The van der Waals surface area contributed by atoms with Crippen molar-refractivity contribution in [2.75, 3.05) is 18.6 Å². The van der Waals surface area contributed by atoms with Gasteiger partial charge in [-0.1, -0.05) is 29.7 Å². The molecular formula is C26H26ClFN2OS. The maximum atomic E-state index is 13.8. The summed E-state index contributed by atoms with van der Waals surface area (Å²) in [7, 11) is 1.64. The average Bonchev–Trinajstić information content (AvgIpc) is 3.54. The molecule has 0 radical (unpaired) electrons. The molecule has 1 aliphatic carbocycles. The molecule has 6 heteroatoms. The van der Waals surface area contributed by atoms with Crippen molar-refractivity contribution >= 4 is 28.1 Å². The lowest BCUT2D eigenvalue weighted by Crippen LogP contribution is -2.39. The van der Waals surface area contributed by atoms with E-state index in [0.29, 0.717) is 17.5 Å². The second-order valence-corrected chi connectivity index (χ2v) is 9.86. The first kappa shape index (κ1) is 22.6. The highest BCUT2D eigenvalue weighted by Crippen LogP contribution is 2.42. The molecule has 0 aliphatic heterocycles. The number of terminal acetylenes is 1. The van der Waals surface area contributed by atoms with E-state index in [2.05, 4.69) is 17.7 Å². The van der Waals surface area contributed by atoms with Crippen LogP contribution in [0.25, 0.3) is 11.3 Å². The van der Waals surface area contributed by atoms with Crippen LogP contribution in [0.3, 0.4) is 0 Å². The Labute approximate surface area is 198 Å². The molecule has 2 aromatic carbocycles. The van der Waals surface area contributed by atoms with Gasteiger partial charge in [0.15, 0.2) is 5.13 Å². The second kappa shape index (κ2) is 9.52. The molecule has 0 bridgehead atoms. The standard InChI is InChI=1S/C26H26ClFN2OS/c1-5-11-30(23(19-9-10-19)14-18-7-6-8-20(28)13-18)26-29-25(17(3)32-26)21-12-16(2)24(31-4)15-22(21)27/h1,6-8,12-13,15,19,23H,9-11,14H2,2-4H3/t23-/m0/s1. The van der Waals surface area contributed by atoms with Gasteiger partial charge in [-0.2, -0.15) is 0 Å². The first-order valence-electron chi connectivity index (χ1n) is 10.7. The summed E-state index contributed by atoms with van der Waals surface area (Å²) in [6, 6.07) is 10.9. The maximum Gasteiger partial charge on any atom is 0.187 e. The quantitative estimate of drug-likeness (QED) is 0.344. The van der Waals surface area contributed by atoms with Crippen LogP contribution in [0.15, 0.2) is 36.4 Å². The molecule has 4 rings (SSSR count). The molecule has 1 aromatic heterocycles. The summed E-state index contributed by atoms with van der Waals surface area (Å²) in [5, 5.41) is 1.49. The summed E-state index contributed by atoms with van der Waals surface area (Å²) in [6.45, 7) is 4.51. The predicted octanol–water partition coefficient (Wildman–Crippen LogP) is 6.69. The number of hydrogen-bond acceptors (Lipinski definition) is 4. The Hall–Kier alpha value is -2.55. The lowest BCUT2D eigenvalue weighted by atomic mass is 10.0. The van der Waals surface area contributed by atoms with Crippen LogP contribution >= 0.6 is 22.9 Å². The molecule has 3 aromatic rings. The Bertz CT molecular complexity index is 1170. The Morgan fingerprint density at radius 3 is 2.75 bits per heavy atom. The minimum absolute atomic E-state index is 0.180. The average molecular weight is 469 g/mol. The smallest absolute Gasteiger partial charge is 0.187 e. The number of methoxy groups -OCH3 is 1. The molecule has 1 atom stereocenters. The summed E-state index contributed by atoms with van der Waals surface area (Å²) < 4.78 is 19.2. The zero-order chi connectivity index (χ0) is 22.8. The van der Waals surface area contributed by atoms with Gasteiger partial charge in [-0.3, -0.25) is 0 Å². The molecule has 32 heavy (non-hydrogen) atoms. The zero-order valence-corrected chi connectivity index (χ0v) is 20.1. The van der Waals surface area contributed by atoms with Gasteiger partial charge in [0.2, 0.25) is 0 Å². The highest BCUT2D eigenvalue weighted by atomic mass is 35.5. The zero-order valence-electron chi connectivity index (χ0n) is 18.5. The molecule has 0 amide bonds. The van der Waals surface area contributed by atoms with Gasteiger partial charge in [0.05, 0.1) is 24.4 Å². The van der Waals surface area contributed by atoms with E-state index in [1.54, 1.807) is 30.6 Å². The minimum Gasteiger partial charge on any atom is -0.496 e. The van der Waals surface area contributed by atoms with E-state index in [4.69, 9.17) is 27.7 Å². The van der Waals surface area contributed by atoms with Gasteiger partial charge in [-0.25, -0.2) is 9.37 Å². The van der Waals surface area contributed by atoms with E-state index in [0.717, 1.165) is 57.4 Å². The first-order valence-corrected chi connectivity index (χ1v) is 11.9. The van der Waals surface area contributed by atoms with Crippen LogP contribution < -0.4 is 9.64 Å². The number of aryl methyl sites for hydroxylation is 2. The van der Waals surface area contributed by atoms with E-state index in [9.17, 15) is 4.39 Å². The number of aromatic nitrogens is 1. The molecule has 1 fully saturated rings. The van der Waals surface area contributed by atoms with Crippen LogP contribution in [0.4, 0.5) is 9.52 Å². The Kier molecular flexibility index (Phi) is 6.74. The molecule has 0 N–H and O–H groups in total. The van der Waals surface area contributed by atoms with Crippen LogP contribution in [-0.2, 0) is 6.42 Å². The van der Waals surface area contributed by atoms with Crippen molar-refractivity contribution in [3.8, 4) is 29.4 Å². The van der Waals surface area contributed by atoms with Gasteiger partial charge in [-0.15, -0.1) is 17.8 Å². The molecular weight excluding hydrogens is 443 g/mol. The van der Waals surface area contributed by atoms with Crippen molar-refractivity contribution in [1.29, 1.82) is 0 Å². The fraction of sp³-hybridized carbons (Fsp3) is 0.346. The minimum atomic E-state index is -0.211. The highest BCUT2D eigenvalue weighted by molar-refractivity contribution is 7.16. The Morgan fingerprint density at radius 2 is 2.09 bits per heavy atom. The van der Waals surface area contributed by atoms with Crippen molar-refractivity contribution < 1.29 is 9.13 Å². The van der Waals surface area contributed by atoms with Gasteiger partial charge < -0.3 is 9.64 Å². The van der Waals surface area contributed by atoms with Crippen molar-refractivity contribution in [2.45, 2.75) is 39.2 Å². The van der Waals surface area contributed by atoms with E-state index < -0.39 is 0 Å². The van der Waals surface area contributed by atoms with Crippen molar-refractivity contribution in [3.05, 3.63) is 63.2 Å². The molecule has 0 saturated heterocycles. The van der Waals surface area contributed by atoms with Crippen LogP contribution in [0.2, 0.25) is 5.02 Å². The molecule has 0 unspecified atom stereocenters. The summed E-state index contributed by atoms with van der Waals surface area (Å²) in [6.07, 6.45) is 8.81.